The summed E-state index contributed by atoms with van der Waals surface area (Å²) in [6.07, 6.45) is 2.94. The molecule has 0 aromatic carbocycles. The van der Waals surface area contributed by atoms with E-state index in [9.17, 15) is 0 Å². The van der Waals surface area contributed by atoms with Gasteiger partial charge in [-0.1, -0.05) is 13.0 Å². The van der Waals surface area contributed by atoms with Crippen LogP contribution in [0.4, 0.5) is 5.82 Å². The van der Waals surface area contributed by atoms with E-state index >= 15 is 0 Å². The van der Waals surface area contributed by atoms with Crippen molar-refractivity contribution in [2.75, 3.05) is 5.32 Å². The fourth-order valence-corrected chi connectivity index (χ4v) is 2.21. The quantitative estimate of drug-likeness (QED) is 0.892. The SMILES string of the molecule is CCC(C)n1nccc1NCc1cccs1.Cl. The second-order valence-corrected chi connectivity index (χ2v) is 4.88. The molecule has 0 amide bonds. The Balaban J connectivity index is 0.00000144. The molecule has 2 aromatic heterocycles. The van der Waals surface area contributed by atoms with Crippen LogP contribution in [0, 0.1) is 0 Å². The van der Waals surface area contributed by atoms with E-state index < -0.39 is 0 Å². The van der Waals surface area contributed by atoms with E-state index in [4.69, 9.17) is 0 Å². The van der Waals surface area contributed by atoms with Crippen LogP contribution in [0.2, 0.25) is 0 Å². The highest BCUT2D eigenvalue weighted by Gasteiger charge is 2.07. The largest absolute Gasteiger partial charge is 0.365 e. The minimum atomic E-state index is 0. The summed E-state index contributed by atoms with van der Waals surface area (Å²) in [6, 6.07) is 6.69. The van der Waals surface area contributed by atoms with Gasteiger partial charge in [0.25, 0.3) is 0 Å². The Bertz CT molecular complexity index is 425. The van der Waals surface area contributed by atoms with E-state index in [0.717, 1.165) is 18.8 Å². The van der Waals surface area contributed by atoms with Gasteiger partial charge in [0.05, 0.1) is 18.8 Å². The van der Waals surface area contributed by atoms with Gasteiger partial charge in [-0.3, -0.25) is 0 Å². The van der Waals surface area contributed by atoms with Crippen molar-refractivity contribution in [1.82, 2.24) is 9.78 Å². The second-order valence-electron chi connectivity index (χ2n) is 3.85. The summed E-state index contributed by atoms with van der Waals surface area (Å²) in [5.74, 6) is 1.10. The lowest BCUT2D eigenvalue weighted by atomic mass is 10.3. The van der Waals surface area contributed by atoms with Crippen LogP contribution in [0.25, 0.3) is 0 Å². The average Bonchev–Trinajstić information content (AvgIpc) is 2.96. The molecule has 2 aromatic rings. The van der Waals surface area contributed by atoms with Crippen molar-refractivity contribution in [3.05, 3.63) is 34.7 Å². The molecule has 1 atom stereocenters. The third kappa shape index (κ3) is 3.48. The zero-order chi connectivity index (χ0) is 11.4. The number of nitrogens with one attached hydrogen (secondary N) is 1. The van der Waals surface area contributed by atoms with E-state index in [2.05, 4.69) is 41.8 Å². The Morgan fingerprint density at radius 1 is 1.47 bits per heavy atom. The second kappa shape index (κ2) is 6.67. The molecule has 3 nitrogen and oxygen atoms in total. The molecular weight excluding hydrogens is 254 g/mol. The summed E-state index contributed by atoms with van der Waals surface area (Å²) < 4.78 is 2.05. The molecule has 0 spiro atoms. The predicted molar refractivity (Wildman–Crippen MR) is 76.1 cm³/mol. The summed E-state index contributed by atoms with van der Waals surface area (Å²) in [6.45, 7) is 5.23. The molecule has 0 saturated heterocycles. The van der Waals surface area contributed by atoms with E-state index in [0.29, 0.717) is 6.04 Å². The fraction of sp³-hybridized carbons (Fsp3) is 0.417. The number of thiophene rings is 1. The lowest BCUT2D eigenvalue weighted by Crippen LogP contribution is -2.11. The first-order valence-electron chi connectivity index (χ1n) is 5.61. The Morgan fingerprint density at radius 3 is 2.94 bits per heavy atom. The molecule has 1 N–H and O–H groups in total. The number of halogens is 1. The van der Waals surface area contributed by atoms with Gasteiger partial charge in [0, 0.05) is 10.9 Å². The van der Waals surface area contributed by atoms with Crippen molar-refractivity contribution in [3.8, 4) is 0 Å². The van der Waals surface area contributed by atoms with Crippen LogP contribution in [-0.2, 0) is 6.54 Å². The van der Waals surface area contributed by atoms with E-state index in [-0.39, 0.29) is 12.4 Å². The van der Waals surface area contributed by atoms with Crippen molar-refractivity contribution in [2.24, 2.45) is 0 Å². The van der Waals surface area contributed by atoms with Crippen molar-refractivity contribution in [1.29, 1.82) is 0 Å². The first-order chi connectivity index (χ1) is 7.81. The van der Waals surface area contributed by atoms with Gasteiger partial charge in [-0.15, -0.1) is 23.7 Å². The topological polar surface area (TPSA) is 29.9 Å². The van der Waals surface area contributed by atoms with Gasteiger partial charge in [-0.05, 0) is 24.8 Å². The molecular formula is C12H18ClN3S. The van der Waals surface area contributed by atoms with Crippen molar-refractivity contribution in [3.63, 3.8) is 0 Å². The zero-order valence-electron chi connectivity index (χ0n) is 10.1. The molecule has 2 rings (SSSR count). The van der Waals surface area contributed by atoms with Gasteiger partial charge in [0.2, 0.25) is 0 Å². The predicted octanol–water partition coefficient (Wildman–Crippen LogP) is 3.95. The van der Waals surface area contributed by atoms with Gasteiger partial charge in [-0.25, -0.2) is 4.68 Å². The van der Waals surface area contributed by atoms with Gasteiger partial charge in [-0.2, -0.15) is 5.10 Å². The summed E-state index contributed by atoms with van der Waals surface area (Å²) >= 11 is 1.77. The molecule has 0 aliphatic rings. The molecule has 0 fully saturated rings. The lowest BCUT2D eigenvalue weighted by Gasteiger charge is -2.14. The summed E-state index contributed by atoms with van der Waals surface area (Å²) in [7, 11) is 0. The van der Waals surface area contributed by atoms with E-state index in [1.165, 1.54) is 4.88 Å². The molecule has 17 heavy (non-hydrogen) atoms. The molecule has 0 radical (unpaired) electrons. The van der Waals surface area contributed by atoms with Gasteiger partial charge >= 0.3 is 0 Å². The molecule has 0 aliphatic carbocycles. The minimum absolute atomic E-state index is 0. The standard InChI is InChI=1S/C12H17N3S.ClH/c1-3-10(2)15-12(6-7-14-15)13-9-11-5-4-8-16-11;/h4-8,10,13H,3,9H2,1-2H3;1H. The Labute approximate surface area is 112 Å². The van der Waals surface area contributed by atoms with Gasteiger partial charge in [0.15, 0.2) is 0 Å². The van der Waals surface area contributed by atoms with Crippen LogP contribution in [0.15, 0.2) is 29.8 Å². The zero-order valence-corrected chi connectivity index (χ0v) is 11.7. The summed E-state index contributed by atoms with van der Waals surface area (Å²) in [5.41, 5.74) is 0. The number of anilines is 1. The third-order valence-corrected chi connectivity index (χ3v) is 3.58. The summed E-state index contributed by atoms with van der Waals surface area (Å²) in [5, 5.41) is 9.87. The summed E-state index contributed by atoms with van der Waals surface area (Å²) in [4.78, 5) is 1.34. The van der Waals surface area contributed by atoms with Gasteiger partial charge < -0.3 is 5.32 Å². The van der Waals surface area contributed by atoms with Crippen LogP contribution in [-0.4, -0.2) is 9.78 Å². The maximum absolute atomic E-state index is 4.34. The number of nitrogens with zero attached hydrogens (tertiary/aromatic N) is 2. The number of hydrogen-bond donors (Lipinski definition) is 1. The van der Waals surface area contributed by atoms with Crippen molar-refractivity contribution >= 4 is 29.6 Å². The average molecular weight is 272 g/mol. The Hall–Kier alpha value is -1.000. The van der Waals surface area contributed by atoms with Crippen LogP contribution in [0.1, 0.15) is 31.2 Å². The van der Waals surface area contributed by atoms with Crippen molar-refractivity contribution < 1.29 is 0 Å². The van der Waals surface area contributed by atoms with Crippen LogP contribution < -0.4 is 5.32 Å². The van der Waals surface area contributed by atoms with Crippen LogP contribution in [0.5, 0.6) is 0 Å². The highest BCUT2D eigenvalue weighted by atomic mass is 35.5. The lowest BCUT2D eigenvalue weighted by molar-refractivity contribution is 0.482. The van der Waals surface area contributed by atoms with Crippen LogP contribution >= 0.6 is 23.7 Å². The molecule has 94 valence electrons. The van der Waals surface area contributed by atoms with Gasteiger partial charge in [0.1, 0.15) is 5.82 Å². The number of rotatable bonds is 5. The maximum atomic E-state index is 4.34. The Kier molecular flexibility index (Phi) is 5.51. The van der Waals surface area contributed by atoms with E-state index in [1.807, 2.05) is 16.9 Å². The normalized spacial score (nSPS) is 11.9. The molecule has 1 unspecified atom stereocenters. The highest BCUT2D eigenvalue weighted by Crippen LogP contribution is 2.18. The monoisotopic (exact) mass is 271 g/mol. The maximum Gasteiger partial charge on any atom is 0.124 e. The Morgan fingerprint density at radius 2 is 2.29 bits per heavy atom. The molecule has 0 aliphatic heterocycles. The fourth-order valence-electron chi connectivity index (χ4n) is 1.57. The van der Waals surface area contributed by atoms with Crippen LogP contribution in [0.3, 0.4) is 0 Å². The van der Waals surface area contributed by atoms with E-state index in [1.54, 1.807) is 11.3 Å². The number of hydrogen-bond acceptors (Lipinski definition) is 3. The smallest absolute Gasteiger partial charge is 0.124 e. The third-order valence-electron chi connectivity index (χ3n) is 2.70. The molecule has 5 heteroatoms. The molecule has 0 bridgehead atoms. The first kappa shape index (κ1) is 14.1. The highest BCUT2D eigenvalue weighted by molar-refractivity contribution is 7.09. The molecule has 2 heterocycles. The molecule has 0 saturated carbocycles. The minimum Gasteiger partial charge on any atom is -0.365 e. The first-order valence-corrected chi connectivity index (χ1v) is 6.49. The number of aromatic nitrogens is 2. The van der Waals surface area contributed by atoms with Crippen molar-refractivity contribution in [2.45, 2.75) is 32.9 Å².